The summed E-state index contributed by atoms with van der Waals surface area (Å²) < 4.78 is 30.8. The summed E-state index contributed by atoms with van der Waals surface area (Å²) in [5.41, 5.74) is -0.0608. The maximum atomic E-state index is 13.1. The van der Waals surface area contributed by atoms with Crippen molar-refractivity contribution in [2.75, 3.05) is 6.61 Å². The summed E-state index contributed by atoms with van der Waals surface area (Å²) in [6.07, 6.45) is -1.05. The van der Waals surface area contributed by atoms with Crippen LogP contribution in [-0.4, -0.2) is 6.61 Å². The molecule has 0 aliphatic heterocycles. The van der Waals surface area contributed by atoms with Gasteiger partial charge in [0.15, 0.2) is 6.10 Å². The van der Waals surface area contributed by atoms with Gasteiger partial charge in [-0.3, -0.25) is 0 Å². The smallest absolute Gasteiger partial charge is 0.171 e. The molecule has 0 amide bonds. The predicted molar refractivity (Wildman–Crippen MR) is 46.3 cm³/mol. The zero-order chi connectivity index (χ0) is 10.6. The van der Waals surface area contributed by atoms with Crippen molar-refractivity contribution in [2.45, 2.75) is 13.0 Å². The first-order chi connectivity index (χ1) is 6.69. The number of hydrogen-bond donors (Lipinski definition) is 0. The Morgan fingerprint density at radius 2 is 2.21 bits per heavy atom. The second kappa shape index (κ2) is 4.68. The molecule has 2 nitrogen and oxygen atoms in total. The average Bonchev–Trinajstić information content (AvgIpc) is 2.18. The summed E-state index contributed by atoms with van der Waals surface area (Å²) in [7, 11) is 0. The largest absolute Gasteiger partial charge is 0.359 e. The van der Waals surface area contributed by atoms with Crippen LogP contribution in [0.2, 0.25) is 0 Å². The number of halogens is 2. The van der Waals surface area contributed by atoms with Crippen LogP contribution < -0.4 is 0 Å². The van der Waals surface area contributed by atoms with Crippen LogP contribution in [0.15, 0.2) is 18.2 Å². The Labute approximate surface area is 80.7 Å². The first-order valence-corrected chi connectivity index (χ1v) is 4.15. The second-order valence-corrected chi connectivity index (χ2v) is 2.63. The fraction of sp³-hybridized carbons (Fsp3) is 0.300. The highest BCUT2D eigenvalue weighted by Crippen LogP contribution is 2.20. The van der Waals surface area contributed by atoms with Gasteiger partial charge in [-0.15, -0.1) is 0 Å². The van der Waals surface area contributed by atoms with Crippen LogP contribution in [0.3, 0.4) is 0 Å². The average molecular weight is 197 g/mol. The van der Waals surface area contributed by atoms with Crippen LogP contribution in [0.5, 0.6) is 0 Å². The molecule has 1 atom stereocenters. The summed E-state index contributed by atoms with van der Waals surface area (Å²) in [5, 5.41) is 8.66. The Bertz CT molecular complexity index is 360. The van der Waals surface area contributed by atoms with E-state index in [2.05, 4.69) is 0 Å². The minimum Gasteiger partial charge on any atom is -0.359 e. The van der Waals surface area contributed by atoms with Crippen molar-refractivity contribution in [3.8, 4) is 6.07 Å². The lowest BCUT2D eigenvalue weighted by Crippen LogP contribution is -2.04. The lowest BCUT2D eigenvalue weighted by molar-refractivity contribution is 0.0991. The monoisotopic (exact) mass is 197 g/mol. The Morgan fingerprint density at radius 1 is 1.50 bits per heavy atom. The Balaban J connectivity index is 3.03. The molecular formula is C10H9F2NO. The second-order valence-electron chi connectivity index (χ2n) is 2.63. The molecule has 0 saturated carbocycles. The van der Waals surface area contributed by atoms with E-state index in [-0.39, 0.29) is 12.2 Å². The van der Waals surface area contributed by atoms with Crippen LogP contribution in [0.1, 0.15) is 18.6 Å². The fourth-order valence-electron chi connectivity index (χ4n) is 1.08. The van der Waals surface area contributed by atoms with Gasteiger partial charge in [0.05, 0.1) is 6.07 Å². The van der Waals surface area contributed by atoms with E-state index in [0.29, 0.717) is 0 Å². The van der Waals surface area contributed by atoms with Crippen LogP contribution >= 0.6 is 0 Å². The zero-order valence-electron chi connectivity index (χ0n) is 7.63. The molecular weight excluding hydrogens is 188 g/mol. The van der Waals surface area contributed by atoms with Crippen molar-refractivity contribution in [2.24, 2.45) is 0 Å². The van der Waals surface area contributed by atoms with E-state index in [9.17, 15) is 8.78 Å². The van der Waals surface area contributed by atoms with Gasteiger partial charge in [0.25, 0.3) is 0 Å². The molecule has 4 heteroatoms. The van der Waals surface area contributed by atoms with Crippen molar-refractivity contribution in [1.82, 2.24) is 0 Å². The summed E-state index contributed by atoms with van der Waals surface area (Å²) in [5.74, 6) is -1.22. The van der Waals surface area contributed by atoms with Crippen LogP contribution in [0.4, 0.5) is 8.78 Å². The summed E-state index contributed by atoms with van der Waals surface area (Å²) in [4.78, 5) is 0. The molecule has 1 aromatic rings. The van der Waals surface area contributed by atoms with Crippen molar-refractivity contribution >= 4 is 0 Å². The molecule has 1 rings (SSSR count). The highest BCUT2D eigenvalue weighted by atomic mass is 19.1. The summed E-state index contributed by atoms with van der Waals surface area (Å²) in [6, 6.07) is 4.71. The number of benzene rings is 1. The maximum Gasteiger partial charge on any atom is 0.171 e. The summed E-state index contributed by atoms with van der Waals surface area (Å²) >= 11 is 0. The van der Waals surface area contributed by atoms with E-state index in [1.165, 1.54) is 0 Å². The molecule has 0 saturated heterocycles. The van der Waals surface area contributed by atoms with Gasteiger partial charge >= 0.3 is 0 Å². The standard InChI is InChI=1S/C10H9F2NO/c1-2-14-10(6-13)8-5-7(11)3-4-9(8)12/h3-5,10H,2H2,1H3. The molecule has 14 heavy (non-hydrogen) atoms. The van der Waals surface area contributed by atoms with Crippen LogP contribution in [0, 0.1) is 23.0 Å². The highest BCUT2D eigenvalue weighted by molar-refractivity contribution is 5.25. The Morgan fingerprint density at radius 3 is 2.79 bits per heavy atom. The number of nitriles is 1. The lowest BCUT2D eigenvalue weighted by Gasteiger charge is -2.09. The molecule has 0 heterocycles. The number of ether oxygens (including phenoxy) is 1. The molecule has 0 fully saturated rings. The minimum atomic E-state index is -1.05. The molecule has 0 aliphatic rings. The first kappa shape index (κ1) is 10.6. The molecule has 0 aliphatic carbocycles. The van der Waals surface area contributed by atoms with Crippen molar-refractivity contribution in [3.05, 3.63) is 35.4 Å². The van der Waals surface area contributed by atoms with E-state index in [4.69, 9.17) is 10.00 Å². The summed E-state index contributed by atoms with van der Waals surface area (Å²) in [6.45, 7) is 1.95. The highest BCUT2D eigenvalue weighted by Gasteiger charge is 2.15. The van der Waals surface area contributed by atoms with Gasteiger partial charge in [0, 0.05) is 12.2 Å². The molecule has 0 radical (unpaired) electrons. The number of hydrogen-bond acceptors (Lipinski definition) is 2. The molecule has 0 spiro atoms. The van der Waals surface area contributed by atoms with Crippen molar-refractivity contribution in [1.29, 1.82) is 5.26 Å². The van der Waals surface area contributed by atoms with Gasteiger partial charge in [-0.25, -0.2) is 8.78 Å². The quantitative estimate of drug-likeness (QED) is 0.746. The fourth-order valence-corrected chi connectivity index (χ4v) is 1.08. The third-order valence-corrected chi connectivity index (χ3v) is 1.69. The minimum absolute atomic E-state index is 0.0608. The van der Waals surface area contributed by atoms with Gasteiger partial charge in [-0.05, 0) is 25.1 Å². The van der Waals surface area contributed by atoms with Gasteiger partial charge in [0.1, 0.15) is 11.6 Å². The van der Waals surface area contributed by atoms with Gasteiger partial charge in [0.2, 0.25) is 0 Å². The maximum absolute atomic E-state index is 13.1. The normalized spacial score (nSPS) is 12.1. The first-order valence-electron chi connectivity index (χ1n) is 4.15. The van der Waals surface area contributed by atoms with E-state index >= 15 is 0 Å². The third kappa shape index (κ3) is 2.27. The third-order valence-electron chi connectivity index (χ3n) is 1.69. The van der Waals surface area contributed by atoms with Crippen LogP contribution in [0.25, 0.3) is 0 Å². The lowest BCUT2D eigenvalue weighted by atomic mass is 10.1. The van der Waals surface area contributed by atoms with Gasteiger partial charge < -0.3 is 4.74 Å². The van der Waals surface area contributed by atoms with Crippen LogP contribution in [-0.2, 0) is 4.74 Å². The van der Waals surface area contributed by atoms with E-state index in [1.807, 2.05) is 0 Å². The molecule has 1 unspecified atom stereocenters. The molecule has 0 N–H and O–H groups in total. The van der Waals surface area contributed by atoms with E-state index in [0.717, 1.165) is 18.2 Å². The number of rotatable bonds is 3. The predicted octanol–water partition coefficient (Wildman–Crippen LogP) is 2.57. The van der Waals surface area contributed by atoms with Gasteiger partial charge in [-0.2, -0.15) is 5.26 Å². The molecule has 0 aromatic heterocycles. The van der Waals surface area contributed by atoms with Crippen molar-refractivity contribution < 1.29 is 13.5 Å². The SMILES string of the molecule is CCOC(C#N)c1cc(F)ccc1F. The Kier molecular flexibility index (Phi) is 3.55. The molecule has 1 aromatic carbocycles. The topological polar surface area (TPSA) is 33.0 Å². The number of nitrogens with zero attached hydrogens (tertiary/aromatic N) is 1. The molecule has 0 bridgehead atoms. The van der Waals surface area contributed by atoms with Gasteiger partial charge in [-0.1, -0.05) is 0 Å². The zero-order valence-corrected chi connectivity index (χ0v) is 7.63. The molecule has 74 valence electrons. The van der Waals surface area contributed by atoms with Crippen molar-refractivity contribution in [3.63, 3.8) is 0 Å². The Hall–Kier alpha value is -1.47. The van der Waals surface area contributed by atoms with E-state index in [1.54, 1.807) is 13.0 Å². The van der Waals surface area contributed by atoms with E-state index < -0.39 is 17.7 Å².